The molecule has 0 radical (unpaired) electrons. The standard InChI is InChI=1S/C15H11F2N3OS/c16-10-1-5-12(6-2-10)20-14(18-19-15(20)22)9-21-13-7-3-11(17)4-8-13/h1-8H,9H2,(H,19,22). The second kappa shape index (κ2) is 6.07. The number of ether oxygens (including phenoxy) is 1. The van der Waals surface area contributed by atoms with Crippen LogP contribution >= 0.6 is 12.2 Å². The third-order valence-electron chi connectivity index (χ3n) is 3.01. The monoisotopic (exact) mass is 319 g/mol. The first-order valence-corrected chi connectivity index (χ1v) is 6.85. The van der Waals surface area contributed by atoms with E-state index in [2.05, 4.69) is 10.2 Å². The van der Waals surface area contributed by atoms with Gasteiger partial charge in [-0.1, -0.05) is 0 Å². The first-order valence-electron chi connectivity index (χ1n) is 6.44. The molecule has 7 heteroatoms. The van der Waals surface area contributed by atoms with E-state index < -0.39 is 0 Å². The molecule has 1 N–H and O–H groups in total. The Hall–Kier alpha value is -2.54. The van der Waals surface area contributed by atoms with Crippen LogP contribution in [-0.4, -0.2) is 14.8 Å². The fraction of sp³-hybridized carbons (Fsp3) is 0.0667. The maximum absolute atomic E-state index is 13.0. The maximum atomic E-state index is 13.0. The number of nitrogens with one attached hydrogen (secondary N) is 1. The molecule has 0 saturated heterocycles. The Morgan fingerprint density at radius 3 is 2.23 bits per heavy atom. The van der Waals surface area contributed by atoms with E-state index in [1.165, 1.54) is 36.4 Å². The highest BCUT2D eigenvalue weighted by Crippen LogP contribution is 2.16. The first kappa shape index (κ1) is 14.4. The molecule has 0 aliphatic heterocycles. The molecule has 4 nitrogen and oxygen atoms in total. The van der Waals surface area contributed by atoms with Gasteiger partial charge in [-0.3, -0.25) is 9.67 Å². The van der Waals surface area contributed by atoms with Gasteiger partial charge < -0.3 is 4.74 Å². The van der Waals surface area contributed by atoms with Crippen molar-refractivity contribution >= 4 is 12.2 Å². The Balaban J connectivity index is 1.84. The van der Waals surface area contributed by atoms with Gasteiger partial charge in [-0.2, -0.15) is 5.10 Å². The number of hydrogen-bond donors (Lipinski definition) is 1. The summed E-state index contributed by atoms with van der Waals surface area (Å²) < 4.78 is 33.5. The van der Waals surface area contributed by atoms with Crippen LogP contribution in [-0.2, 0) is 6.61 Å². The zero-order chi connectivity index (χ0) is 15.5. The molecule has 3 rings (SSSR count). The molecule has 0 aliphatic carbocycles. The van der Waals surface area contributed by atoms with Crippen LogP contribution in [0.15, 0.2) is 48.5 Å². The zero-order valence-corrected chi connectivity index (χ0v) is 12.1. The normalized spacial score (nSPS) is 10.6. The lowest BCUT2D eigenvalue weighted by Gasteiger charge is -2.08. The second-order valence-electron chi connectivity index (χ2n) is 4.50. The van der Waals surface area contributed by atoms with Crippen LogP contribution in [0, 0.1) is 16.4 Å². The van der Waals surface area contributed by atoms with Gasteiger partial charge in [0.2, 0.25) is 0 Å². The summed E-state index contributed by atoms with van der Waals surface area (Å²) >= 11 is 5.18. The van der Waals surface area contributed by atoms with Crippen molar-refractivity contribution < 1.29 is 13.5 Å². The Bertz CT molecular complexity index is 825. The van der Waals surface area contributed by atoms with Crippen LogP contribution in [0.3, 0.4) is 0 Å². The SMILES string of the molecule is Fc1ccc(OCc2n[nH]c(=S)n2-c2ccc(F)cc2)cc1. The fourth-order valence-corrected chi connectivity index (χ4v) is 2.22. The maximum Gasteiger partial charge on any atom is 0.199 e. The summed E-state index contributed by atoms with van der Waals surface area (Å²) in [4.78, 5) is 0. The summed E-state index contributed by atoms with van der Waals surface area (Å²) in [6.45, 7) is 0.135. The number of halogens is 2. The van der Waals surface area contributed by atoms with E-state index >= 15 is 0 Å². The van der Waals surface area contributed by atoms with Gasteiger partial charge in [-0.05, 0) is 60.7 Å². The first-order chi connectivity index (χ1) is 10.6. The van der Waals surface area contributed by atoms with E-state index in [0.29, 0.717) is 22.0 Å². The van der Waals surface area contributed by atoms with Crippen LogP contribution in [0.1, 0.15) is 5.82 Å². The van der Waals surface area contributed by atoms with E-state index in [1.807, 2.05) is 0 Å². The van der Waals surface area contributed by atoms with E-state index in [0.717, 1.165) is 0 Å². The lowest BCUT2D eigenvalue weighted by molar-refractivity contribution is 0.293. The molecule has 1 aromatic heterocycles. The second-order valence-corrected chi connectivity index (χ2v) is 4.89. The molecule has 0 aliphatic rings. The number of aromatic nitrogens is 3. The lowest BCUT2D eigenvalue weighted by atomic mass is 10.3. The van der Waals surface area contributed by atoms with Gasteiger partial charge in [0.05, 0.1) is 0 Å². The lowest BCUT2D eigenvalue weighted by Crippen LogP contribution is -2.05. The van der Waals surface area contributed by atoms with Gasteiger partial charge in [-0.25, -0.2) is 8.78 Å². The average Bonchev–Trinajstić information content (AvgIpc) is 2.89. The molecule has 0 unspecified atom stereocenters. The van der Waals surface area contributed by atoms with E-state index in [4.69, 9.17) is 17.0 Å². The summed E-state index contributed by atoms with van der Waals surface area (Å²) in [5.74, 6) is 0.381. The van der Waals surface area contributed by atoms with Crippen molar-refractivity contribution in [1.29, 1.82) is 0 Å². The number of rotatable bonds is 4. The van der Waals surface area contributed by atoms with Crippen LogP contribution in [0.2, 0.25) is 0 Å². The molecule has 0 spiro atoms. The van der Waals surface area contributed by atoms with Crippen LogP contribution < -0.4 is 4.74 Å². The highest BCUT2D eigenvalue weighted by molar-refractivity contribution is 7.71. The zero-order valence-electron chi connectivity index (χ0n) is 11.3. The molecule has 0 atom stereocenters. The molecule has 0 bridgehead atoms. The Morgan fingerprint density at radius 1 is 1.00 bits per heavy atom. The molecule has 0 fully saturated rings. The van der Waals surface area contributed by atoms with E-state index in [9.17, 15) is 8.78 Å². The summed E-state index contributed by atoms with van der Waals surface area (Å²) in [6.07, 6.45) is 0. The number of aromatic amines is 1. The third kappa shape index (κ3) is 3.04. The fourth-order valence-electron chi connectivity index (χ4n) is 1.96. The topological polar surface area (TPSA) is 42.8 Å². The number of H-pyrrole nitrogens is 1. The van der Waals surface area contributed by atoms with Gasteiger partial charge in [0.25, 0.3) is 0 Å². The highest BCUT2D eigenvalue weighted by atomic mass is 32.1. The summed E-state index contributed by atoms with van der Waals surface area (Å²) in [5.41, 5.74) is 0.679. The van der Waals surface area contributed by atoms with Gasteiger partial charge in [0, 0.05) is 5.69 Å². The summed E-state index contributed by atoms with van der Waals surface area (Å²) in [5, 5.41) is 6.78. The van der Waals surface area contributed by atoms with Crippen LogP contribution in [0.25, 0.3) is 5.69 Å². The minimum Gasteiger partial charge on any atom is -0.486 e. The van der Waals surface area contributed by atoms with Gasteiger partial charge in [0.1, 0.15) is 24.0 Å². The Labute approximate surface area is 130 Å². The highest BCUT2D eigenvalue weighted by Gasteiger charge is 2.09. The Morgan fingerprint density at radius 2 is 1.59 bits per heavy atom. The van der Waals surface area contributed by atoms with Crippen molar-refractivity contribution in [2.75, 3.05) is 0 Å². The number of benzene rings is 2. The minimum absolute atomic E-state index is 0.135. The third-order valence-corrected chi connectivity index (χ3v) is 3.28. The van der Waals surface area contributed by atoms with E-state index in [1.54, 1.807) is 16.7 Å². The quantitative estimate of drug-likeness (QED) is 0.744. The smallest absolute Gasteiger partial charge is 0.199 e. The molecule has 0 amide bonds. The van der Waals surface area contributed by atoms with Crippen molar-refractivity contribution in [1.82, 2.24) is 14.8 Å². The minimum atomic E-state index is -0.332. The predicted molar refractivity (Wildman–Crippen MR) is 79.4 cm³/mol. The molecule has 3 aromatic rings. The molecule has 1 heterocycles. The largest absolute Gasteiger partial charge is 0.486 e. The van der Waals surface area contributed by atoms with Crippen LogP contribution in [0.5, 0.6) is 5.75 Å². The van der Waals surface area contributed by atoms with Crippen molar-refractivity contribution in [2.45, 2.75) is 6.61 Å². The van der Waals surface area contributed by atoms with Gasteiger partial charge in [-0.15, -0.1) is 0 Å². The molecule has 0 saturated carbocycles. The molecular weight excluding hydrogens is 308 g/mol. The number of hydrogen-bond acceptors (Lipinski definition) is 3. The van der Waals surface area contributed by atoms with Gasteiger partial charge >= 0.3 is 0 Å². The van der Waals surface area contributed by atoms with Crippen LogP contribution in [0.4, 0.5) is 8.78 Å². The summed E-state index contributed by atoms with van der Waals surface area (Å²) in [6, 6.07) is 11.6. The van der Waals surface area contributed by atoms with Gasteiger partial charge in [0.15, 0.2) is 10.6 Å². The molecular formula is C15H11F2N3OS. The van der Waals surface area contributed by atoms with Crippen molar-refractivity contribution in [3.8, 4) is 11.4 Å². The number of nitrogens with zero attached hydrogens (tertiary/aromatic N) is 2. The predicted octanol–water partition coefficient (Wildman–Crippen LogP) is 3.79. The average molecular weight is 319 g/mol. The van der Waals surface area contributed by atoms with Crippen molar-refractivity contribution in [3.63, 3.8) is 0 Å². The summed E-state index contributed by atoms with van der Waals surface area (Å²) in [7, 11) is 0. The molecule has 2 aromatic carbocycles. The Kier molecular flexibility index (Phi) is 3.97. The van der Waals surface area contributed by atoms with Crippen molar-refractivity contribution in [2.24, 2.45) is 0 Å². The molecule has 22 heavy (non-hydrogen) atoms. The molecule has 112 valence electrons. The van der Waals surface area contributed by atoms with Crippen molar-refractivity contribution in [3.05, 3.63) is 70.8 Å². The van der Waals surface area contributed by atoms with E-state index in [-0.39, 0.29) is 18.2 Å².